The van der Waals surface area contributed by atoms with Crippen molar-refractivity contribution >= 4 is 29.1 Å². The Bertz CT molecular complexity index is 1440. The topological polar surface area (TPSA) is 116 Å². The average Bonchev–Trinajstić information content (AvgIpc) is 2.88. The Morgan fingerprint density at radius 2 is 1.65 bits per heavy atom. The number of aryl methyl sites for hydroxylation is 1. The molecule has 3 N–H and O–H groups in total. The Balaban J connectivity index is 1.67. The van der Waals surface area contributed by atoms with E-state index in [1.54, 1.807) is 23.2 Å². The molecule has 1 aromatic heterocycles. The van der Waals surface area contributed by atoms with Crippen LogP contribution < -0.4 is 10.2 Å². The summed E-state index contributed by atoms with van der Waals surface area (Å²) < 4.78 is 0. The van der Waals surface area contributed by atoms with Crippen molar-refractivity contribution in [3.8, 4) is 22.8 Å². The minimum Gasteiger partial charge on any atom is -0.508 e. The molecule has 0 aliphatic rings. The lowest BCUT2D eigenvalue weighted by Crippen LogP contribution is -2.30. The number of phenols is 2. The van der Waals surface area contributed by atoms with Gasteiger partial charge in [-0.05, 0) is 59.5 Å². The van der Waals surface area contributed by atoms with Gasteiger partial charge in [0.2, 0.25) is 11.2 Å². The zero-order chi connectivity index (χ0) is 26.5. The average molecular weight is 517 g/mol. The van der Waals surface area contributed by atoms with E-state index in [1.165, 1.54) is 19.1 Å². The molecule has 0 atom stereocenters. The number of carbonyl (C=O) groups is 2. The maximum atomic E-state index is 13.6. The second-order valence-corrected chi connectivity index (χ2v) is 8.87. The summed E-state index contributed by atoms with van der Waals surface area (Å²) in [6.07, 6.45) is 1.65. The van der Waals surface area contributed by atoms with Gasteiger partial charge in [0.15, 0.2) is 0 Å². The molecule has 0 radical (unpaired) electrons. The predicted molar refractivity (Wildman–Crippen MR) is 141 cm³/mol. The Kier molecular flexibility index (Phi) is 7.69. The molecule has 0 fully saturated rings. The van der Waals surface area contributed by atoms with E-state index in [0.29, 0.717) is 17.9 Å². The van der Waals surface area contributed by atoms with Crippen molar-refractivity contribution in [1.29, 1.82) is 0 Å². The number of aromatic hydroxyl groups is 2. The van der Waals surface area contributed by atoms with Crippen LogP contribution in [0.3, 0.4) is 0 Å². The number of halogens is 1. The van der Waals surface area contributed by atoms with Crippen LogP contribution in [0.15, 0.2) is 72.9 Å². The standard InChI is InChI=1S/C28H25ClN4O4/c1-17-14-31-28(29)32-26(17)21-7-9-22(10-8-21)33(27(37)24-12-11-23(35)13-25(24)36)16-20-5-3-19(4-6-20)15-30-18(2)34/h3-14,35-36H,15-16H2,1-2H3,(H,30,34). The monoisotopic (exact) mass is 516 g/mol. The van der Waals surface area contributed by atoms with Crippen LogP contribution in [0.5, 0.6) is 11.5 Å². The summed E-state index contributed by atoms with van der Waals surface area (Å²) in [6, 6.07) is 18.7. The number of anilines is 1. The molecule has 0 saturated carbocycles. The van der Waals surface area contributed by atoms with E-state index in [4.69, 9.17) is 11.6 Å². The molecule has 3 aromatic carbocycles. The molecule has 0 aliphatic heterocycles. The third kappa shape index (κ3) is 6.23. The predicted octanol–water partition coefficient (Wildman–Crippen LogP) is 5.00. The maximum Gasteiger partial charge on any atom is 0.262 e. The summed E-state index contributed by atoms with van der Waals surface area (Å²) in [5, 5.41) is 22.9. The third-order valence-electron chi connectivity index (χ3n) is 5.76. The summed E-state index contributed by atoms with van der Waals surface area (Å²) in [5.74, 6) is -1.01. The molecule has 4 rings (SSSR count). The van der Waals surface area contributed by atoms with Crippen molar-refractivity contribution in [2.75, 3.05) is 4.90 Å². The van der Waals surface area contributed by atoms with Gasteiger partial charge in [0, 0.05) is 37.0 Å². The summed E-state index contributed by atoms with van der Waals surface area (Å²) in [5.41, 5.74) is 4.79. The summed E-state index contributed by atoms with van der Waals surface area (Å²) in [4.78, 5) is 34.6. The van der Waals surface area contributed by atoms with Gasteiger partial charge in [-0.2, -0.15) is 0 Å². The molecule has 8 nitrogen and oxygen atoms in total. The Morgan fingerprint density at radius 1 is 0.973 bits per heavy atom. The second-order valence-electron chi connectivity index (χ2n) is 8.54. The molecule has 0 aliphatic carbocycles. The molecule has 37 heavy (non-hydrogen) atoms. The first-order chi connectivity index (χ1) is 17.7. The third-order valence-corrected chi connectivity index (χ3v) is 5.94. The molecule has 1 heterocycles. The number of rotatable bonds is 7. The first-order valence-electron chi connectivity index (χ1n) is 11.5. The van der Waals surface area contributed by atoms with Gasteiger partial charge in [0.1, 0.15) is 11.5 Å². The van der Waals surface area contributed by atoms with Crippen LogP contribution in [-0.4, -0.2) is 32.0 Å². The fourth-order valence-electron chi connectivity index (χ4n) is 3.81. The number of aromatic nitrogens is 2. The molecule has 9 heteroatoms. The van der Waals surface area contributed by atoms with Gasteiger partial charge in [0.25, 0.3) is 5.91 Å². The van der Waals surface area contributed by atoms with E-state index in [1.807, 2.05) is 43.3 Å². The van der Waals surface area contributed by atoms with Crippen LogP contribution in [0.4, 0.5) is 5.69 Å². The summed E-state index contributed by atoms with van der Waals surface area (Å²) >= 11 is 5.98. The van der Waals surface area contributed by atoms with E-state index in [0.717, 1.165) is 28.3 Å². The van der Waals surface area contributed by atoms with Crippen LogP contribution in [0.25, 0.3) is 11.3 Å². The Hall–Kier alpha value is -4.43. The van der Waals surface area contributed by atoms with Gasteiger partial charge >= 0.3 is 0 Å². The smallest absolute Gasteiger partial charge is 0.262 e. The van der Waals surface area contributed by atoms with E-state index in [2.05, 4.69) is 15.3 Å². The molecular formula is C28H25ClN4O4. The van der Waals surface area contributed by atoms with Crippen LogP contribution in [0.1, 0.15) is 34.0 Å². The number of nitrogens with zero attached hydrogens (tertiary/aromatic N) is 3. The molecule has 2 amide bonds. The highest BCUT2D eigenvalue weighted by Crippen LogP contribution is 2.30. The molecule has 0 bridgehead atoms. The van der Waals surface area contributed by atoms with Crippen molar-refractivity contribution in [3.05, 3.63) is 100 Å². The number of hydrogen-bond donors (Lipinski definition) is 3. The number of nitrogens with one attached hydrogen (secondary N) is 1. The maximum absolute atomic E-state index is 13.6. The van der Waals surface area contributed by atoms with Crippen molar-refractivity contribution in [1.82, 2.24) is 15.3 Å². The van der Waals surface area contributed by atoms with Crippen LogP contribution in [0, 0.1) is 6.92 Å². The quantitative estimate of drug-likeness (QED) is 0.298. The SMILES string of the molecule is CC(=O)NCc1ccc(CN(C(=O)c2ccc(O)cc2O)c2ccc(-c3nc(Cl)ncc3C)cc2)cc1. The number of benzene rings is 3. The highest BCUT2D eigenvalue weighted by atomic mass is 35.5. The van der Waals surface area contributed by atoms with Gasteiger partial charge in [-0.1, -0.05) is 36.4 Å². The zero-order valence-corrected chi connectivity index (χ0v) is 21.0. The first-order valence-corrected chi connectivity index (χ1v) is 11.8. The van der Waals surface area contributed by atoms with Gasteiger partial charge in [-0.25, -0.2) is 9.97 Å². The molecule has 188 valence electrons. The lowest BCUT2D eigenvalue weighted by atomic mass is 10.1. The largest absolute Gasteiger partial charge is 0.508 e. The lowest BCUT2D eigenvalue weighted by Gasteiger charge is -2.24. The van der Waals surface area contributed by atoms with Gasteiger partial charge in [-0.3, -0.25) is 9.59 Å². The molecule has 0 saturated heterocycles. The minimum absolute atomic E-state index is 0.0579. The van der Waals surface area contributed by atoms with E-state index < -0.39 is 5.91 Å². The van der Waals surface area contributed by atoms with Gasteiger partial charge < -0.3 is 20.4 Å². The lowest BCUT2D eigenvalue weighted by molar-refractivity contribution is -0.119. The Labute approximate surface area is 219 Å². The number of amides is 2. The fraction of sp³-hybridized carbons (Fsp3) is 0.143. The summed E-state index contributed by atoms with van der Waals surface area (Å²) in [7, 11) is 0. The summed E-state index contributed by atoms with van der Waals surface area (Å²) in [6.45, 7) is 3.98. The molecule has 0 spiro atoms. The molecule has 4 aromatic rings. The van der Waals surface area contributed by atoms with E-state index >= 15 is 0 Å². The molecule has 0 unspecified atom stereocenters. The minimum atomic E-state index is -0.436. The highest BCUT2D eigenvalue weighted by molar-refractivity contribution is 6.28. The number of phenolic OH excluding ortho intramolecular Hbond substituents is 2. The normalized spacial score (nSPS) is 10.7. The Morgan fingerprint density at radius 3 is 2.30 bits per heavy atom. The van der Waals surface area contributed by atoms with Crippen molar-refractivity contribution in [2.45, 2.75) is 26.9 Å². The van der Waals surface area contributed by atoms with Crippen LogP contribution in [-0.2, 0) is 17.9 Å². The second kappa shape index (κ2) is 11.1. The first kappa shape index (κ1) is 25.7. The van der Waals surface area contributed by atoms with E-state index in [-0.39, 0.29) is 34.8 Å². The van der Waals surface area contributed by atoms with Crippen LogP contribution in [0.2, 0.25) is 5.28 Å². The van der Waals surface area contributed by atoms with E-state index in [9.17, 15) is 19.8 Å². The molecular weight excluding hydrogens is 492 g/mol. The number of hydrogen-bond acceptors (Lipinski definition) is 6. The fourth-order valence-corrected chi connectivity index (χ4v) is 3.94. The van der Waals surface area contributed by atoms with Crippen molar-refractivity contribution in [3.63, 3.8) is 0 Å². The highest BCUT2D eigenvalue weighted by Gasteiger charge is 2.22. The van der Waals surface area contributed by atoms with Crippen LogP contribution >= 0.6 is 11.6 Å². The van der Waals surface area contributed by atoms with Gasteiger partial charge in [-0.15, -0.1) is 0 Å². The van der Waals surface area contributed by atoms with Crippen molar-refractivity contribution < 1.29 is 19.8 Å². The van der Waals surface area contributed by atoms with Gasteiger partial charge in [0.05, 0.1) is 17.8 Å². The zero-order valence-electron chi connectivity index (χ0n) is 20.3. The number of carbonyl (C=O) groups excluding carboxylic acids is 2. The van der Waals surface area contributed by atoms with Crippen molar-refractivity contribution in [2.24, 2.45) is 0 Å².